The normalized spacial score (nSPS) is 14.0. The van der Waals surface area contributed by atoms with Gasteiger partial charge in [0.05, 0.1) is 12.6 Å². The van der Waals surface area contributed by atoms with Crippen LogP contribution in [-0.4, -0.2) is 48.2 Å². The first-order valence-electron chi connectivity index (χ1n) is 13.8. The van der Waals surface area contributed by atoms with Crippen LogP contribution >= 0.6 is 0 Å². The molecule has 4 atom stereocenters. The molecule has 0 aliphatic carbocycles. The van der Waals surface area contributed by atoms with Crippen LogP contribution in [0.3, 0.4) is 0 Å². The average Bonchev–Trinajstić information content (AvgIpc) is 2.99. The number of ether oxygens (including phenoxy) is 2. The number of amides is 1. The van der Waals surface area contributed by atoms with Gasteiger partial charge in [0.25, 0.3) is 5.91 Å². The van der Waals surface area contributed by atoms with Crippen LogP contribution in [-0.2, 0) is 14.3 Å². The molecule has 1 amide bonds. The Morgan fingerprint density at radius 3 is 1.93 bits per heavy atom. The predicted molar refractivity (Wildman–Crippen MR) is 158 cm³/mol. The van der Waals surface area contributed by atoms with E-state index in [1.54, 1.807) is 85.8 Å². The van der Waals surface area contributed by atoms with Crippen LogP contribution < -0.4 is 5.32 Å². The number of esters is 1. The van der Waals surface area contributed by atoms with Crippen molar-refractivity contribution in [2.45, 2.75) is 45.4 Å². The average molecular weight is 558 g/mol. The lowest BCUT2D eigenvalue weighted by Crippen LogP contribution is -2.42. The fourth-order valence-electron chi connectivity index (χ4n) is 4.33. The van der Waals surface area contributed by atoms with Gasteiger partial charge in [-0.3, -0.25) is 9.59 Å². The van der Waals surface area contributed by atoms with E-state index < -0.39 is 30.1 Å². The van der Waals surface area contributed by atoms with Gasteiger partial charge >= 0.3 is 5.97 Å². The summed E-state index contributed by atoms with van der Waals surface area (Å²) in [6.07, 6.45) is -1.96. The first kappa shape index (κ1) is 31.5. The molecule has 0 saturated heterocycles. The Morgan fingerprint density at radius 2 is 1.39 bits per heavy atom. The molecule has 0 radical (unpaired) electrons. The van der Waals surface area contributed by atoms with Crippen LogP contribution in [0, 0.1) is 11.8 Å². The fraction of sp³-hybridized carbons (Fsp3) is 0.324. The summed E-state index contributed by atoms with van der Waals surface area (Å²) < 4.78 is 11.6. The zero-order valence-electron chi connectivity index (χ0n) is 23.9. The zero-order chi connectivity index (χ0) is 29.8. The van der Waals surface area contributed by atoms with Gasteiger partial charge in [0.1, 0.15) is 12.7 Å². The molecule has 0 heterocycles. The summed E-state index contributed by atoms with van der Waals surface area (Å²) in [5.74, 6) is -1.29. The number of aliphatic hydroxyl groups excluding tert-OH is 1. The van der Waals surface area contributed by atoms with Gasteiger partial charge in [-0.2, -0.15) is 0 Å². The highest BCUT2D eigenvalue weighted by molar-refractivity contribution is 5.97. The Hall–Kier alpha value is -4.07. The van der Waals surface area contributed by atoms with E-state index in [1.807, 2.05) is 26.0 Å². The Labute approximate surface area is 242 Å². The summed E-state index contributed by atoms with van der Waals surface area (Å²) in [6.45, 7) is 10.1. The fourth-order valence-corrected chi connectivity index (χ4v) is 4.33. The molecule has 7 heteroatoms. The van der Waals surface area contributed by atoms with E-state index in [2.05, 4.69) is 11.9 Å². The van der Waals surface area contributed by atoms with Crippen molar-refractivity contribution in [3.8, 4) is 0 Å². The number of ketones is 1. The highest BCUT2D eigenvalue weighted by atomic mass is 16.6. The van der Waals surface area contributed by atoms with Crippen LogP contribution in [0.5, 0.6) is 0 Å². The molecule has 7 nitrogen and oxygen atoms in total. The van der Waals surface area contributed by atoms with Gasteiger partial charge < -0.3 is 19.9 Å². The quantitative estimate of drug-likeness (QED) is 0.144. The van der Waals surface area contributed by atoms with Crippen LogP contribution in [0.25, 0.3) is 0 Å². The second kappa shape index (κ2) is 15.6. The SMILES string of the molecule is C=C(C)[C@@H](CC(COCC(=O)c1ccccc1)C(C)C)OC(=O)[C@@H](O)[C@H](NC(=O)c1ccccc1)c1ccccc1. The summed E-state index contributed by atoms with van der Waals surface area (Å²) >= 11 is 0. The van der Waals surface area contributed by atoms with Gasteiger partial charge in [0.15, 0.2) is 11.9 Å². The van der Waals surface area contributed by atoms with Crippen molar-refractivity contribution >= 4 is 17.7 Å². The number of rotatable bonds is 15. The number of benzene rings is 3. The highest BCUT2D eigenvalue weighted by Crippen LogP contribution is 2.25. The summed E-state index contributed by atoms with van der Waals surface area (Å²) in [5, 5.41) is 13.9. The van der Waals surface area contributed by atoms with E-state index in [1.165, 1.54) is 0 Å². The molecule has 0 aromatic heterocycles. The standard InChI is InChI=1S/C34H39NO6/c1-23(2)28(21-40-22-29(36)25-14-8-5-9-15-25)20-30(24(3)4)41-34(39)32(37)31(26-16-10-6-11-17-26)35-33(38)27-18-12-7-13-19-27/h5-19,23,28,30-32,37H,3,20-22H2,1-2,4H3,(H,35,38)/t28?,30-,31-,32+/m1/s1. The lowest BCUT2D eigenvalue weighted by Gasteiger charge is -2.29. The second-order valence-electron chi connectivity index (χ2n) is 10.5. The van der Waals surface area contributed by atoms with Gasteiger partial charge in [0.2, 0.25) is 0 Å². The van der Waals surface area contributed by atoms with E-state index in [9.17, 15) is 19.5 Å². The van der Waals surface area contributed by atoms with E-state index >= 15 is 0 Å². The van der Waals surface area contributed by atoms with Crippen LogP contribution in [0.15, 0.2) is 103 Å². The smallest absolute Gasteiger partial charge is 0.338 e. The van der Waals surface area contributed by atoms with E-state index in [-0.39, 0.29) is 24.2 Å². The molecule has 3 rings (SSSR count). The monoisotopic (exact) mass is 557 g/mol. The molecule has 0 bridgehead atoms. The number of hydrogen-bond donors (Lipinski definition) is 2. The molecule has 41 heavy (non-hydrogen) atoms. The summed E-state index contributed by atoms with van der Waals surface area (Å²) in [5.41, 5.74) is 2.16. The Morgan fingerprint density at radius 1 is 0.854 bits per heavy atom. The van der Waals surface area contributed by atoms with Gasteiger partial charge in [-0.1, -0.05) is 99.3 Å². The molecule has 0 aliphatic rings. The van der Waals surface area contributed by atoms with E-state index in [4.69, 9.17) is 9.47 Å². The molecule has 2 N–H and O–H groups in total. The Bertz CT molecular complexity index is 1280. The Kier molecular flexibility index (Phi) is 12.0. The summed E-state index contributed by atoms with van der Waals surface area (Å²) in [7, 11) is 0. The number of aliphatic hydroxyl groups is 1. The number of nitrogens with one attached hydrogen (secondary N) is 1. The minimum Gasteiger partial charge on any atom is -0.456 e. The first-order chi connectivity index (χ1) is 19.7. The maximum Gasteiger partial charge on any atom is 0.338 e. The van der Waals surface area contributed by atoms with Crippen molar-refractivity contribution in [2.75, 3.05) is 13.2 Å². The first-order valence-corrected chi connectivity index (χ1v) is 13.8. The molecule has 0 spiro atoms. The molecule has 216 valence electrons. The molecule has 0 saturated carbocycles. The lowest BCUT2D eigenvalue weighted by molar-refractivity contribution is -0.160. The second-order valence-corrected chi connectivity index (χ2v) is 10.5. The molecular formula is C34H39NO6. The lowest BCUT2D eigenvalue weighted by atomic mass is 9.89. The number of carbonyl (C=O) groups excluding carboxylic acids is 3. The molecule has 1 unspecified atom stereocenters. The zero-order valence-corrected chi connectivity index (χ0v) is 23.9. The van der Waals surface area contributed by atoms with Gasteiger partial charge in [-0.15, -0.1) is 0 Å². The number of Topliss-reactive ketones (excluding diaryl/α,β-unsaturated/α-hetero) is 1. The highest BCUT2D eigenvalue weighted by Gasteiger charge is 2.33. The van der Waals surface area contributed by atoms with E-state index in [0.29, 0.717) is 35.3 Å². The third kappa shape index (κ3) is 9.52. The number of carbonyl (C=O) groups is 3. The van der Waals surface area contributed by atoms with Gasteiger partial charge in [0, 0.05) is 11.1 Å². The third-order valence-electron chi connectivity index (χ3n) is 6.97. The molecular weight excluding hydrogens is 518 g/mol. The topological polar surface area (TPSA) is 102 Å². The Balaban J connectivity index is 1.67. The molecule has 3 aromatic rings. The number of hydrogen-bond acceptors (Lipinski definition) is 6. The van der Waals surface area contributed by atoms with Crippen LogP contribution in [0.2, 0.25) is 0 Å². The van der Waals surface area contributed by atoms with Crippen molar-refractivity contribution in [3.63, 3.8) is 0 Å². The van der Waals surface area contributed by atoms with Crippen molar-refractivity contribution in [3.05, 3.63) is 120 Å². The summed E-state index contributed by atoms with van der Waals surface area (Å²) in [4.78, 5) is 38.6. The molecule has 3 aromatic carbocycles. The van der Waals surface area contributed by atoms with E-state index in [0.717, 1.165) is 0 Å². The van der Waals surface area contributed by atoms with Crippen LogP contribution in [0.1, 0.15) is 59.5 Å². The van der Waals surface area contributed by atoms with Crippen LogP contribution in [0.4, 0.5) is 0 Å². The van der Waals surface area contributed by atoms with Crippen molar-refractivity contribution in [1.29, 1.82) is 0 Å². The largest absolute Gasteiger partial charge is 0.456 e. The summed E-state index contributed by atoms with van der Waals surface area (Å²) in [6, 6.07) is 25.3. The molecule has 0 aliphatic heterocycles. The third-order valence-corrected chi connectivity index (χ3v) is 6.97. The molecule has 0 fully saturated rings. The van der Waals surface area contributed by atoms with Crippen molar-refractivity contribution in [2.24, 2.45) is 11.8 Å². The van der Waals surface area contributed by atoms with Gasteiger partial charge in [-0.05, 0) is 48.4 Å². The van der Waals surface area contributed by atoms with Gasteiger partial charge in [-0.25, -0.2) is 4.79 Å². The minimum absolute atomic E-state index is 0.0482. The predicted octanol–water partition coefficient (Wildman–Crippen LogP) is 5.57. The van der Waals surface area contributed by atoms with Crippen molar-refractivity contribution < 1.29 is 29.0 Å². The maximum atomic E-state index is 13.3. The maximum absolute atomic E-state index is 13.3. The van der Waals surface area contributed by atoms with Crippen molar-refractivity contribution in [1.82, 2.24) is 5.32 Å². The minimum atomic E-state index is -1.66.